The van der Waals surface area contributed by atoms with Crippen molar-refractivity contribution in [3.63, 3.8) is 0 Å². The molecule has 0 aliphatic carbocycles. The van der Waals surface area contributed by atoms with Crippen molar-refractivity contribution in [2.24, 2.45) is 0 Å². The fourth-order valence-corrected chi connectivity index (χ4v) is 4.31. The Morgan fingerprint density at radius 2 is 1.88 bits per heavy atom. The van der Waals surface area contributed by atoms with Crippen molar-refractivity contribution in [1.29, 1.82) is 0 Å². The molecule has 136 valence electrons. The lowest BCUT2D eigenvalue weighted by Crippen LogP contribution is -2.36. The second kappa shape index (κ2) is 6.50. The molecule has 1 heterocycles. The molecule has 2 aromatic rings. The third-order valence-corrected chi connectivity index (χ3v) is 6.25. The molecule has 0 aliphatic heterocycles. The molecule has 0 fully saturated rings. The van der Waals surface area contributed by atoms with Crippen LogP contribution in [0, 0.1) is 11.6 Å². The summed E-state index contributed by atoms with van der Waals surface area (Å²) < 4.78 is 52.4. The first kappa shape index (κ1) is 19.5. The molecule has 2 rings (SSSR count). The minimum Gasteiger partial charge on any atom is -0.464 e. The van der Waals surface area contributed by atoms with Crippen LogP contribution in [0.3, 0.4) is 0 Å². The Balaban J connectivity index is 2.63. The van der Waals surface area contributed by atoms with E-state index in [1.807, 2.05) is 20.8 Å². The molecule has 1 amide bonds. The smallest absolute Gasteiger partial charge is 0.427 e. The van der Waals surface area contributed by atoms with E-state index >= 15 is 0 Å². The highest BCUT2D eigenvalue weighted by Crippen LogP contribution is 2.33. The molecular formula is C14H13ClF2N2O4S2. The van der Waals surface area contributed by atoms with E-state index in [0.717, 1.165) is 11.3 Å². The van der Waals surface area contributed by atoms with E-state index in [9.17, 15) is 27.1 Å². The fourth-order valence-electron chi connectivity index (χ4n) is 1.83. The van der Waals surface area contributed by atoms with Crippen LogP contribution in [0.5, 0.6) is 0 Å². The first-order valence-corrected chi connectivity index (χ1v) is 9.44. The minimum atomic E-state index is -4.90. The summed E-state index contributed by atoms with van der Waals surface area (Å²) in [5.41, 5.74) is -0.443. The molecule has 25 heavy (non-hydrogen) atoms. The molecule has 0 saturated carbocycles. The summed E-state index contributed by atoms with van der Waals surface area (Å²) in [7, 11) is -4.90. The quantitative estimate of drug-likeness (QED) is 0.764. The standard InChI is InChI=1S/C14H13ClF2N2O4S2/c1-14(2,3)12-18-11(6-24-12)19(13(20)21)25(22,23)10-4-7(15)8(16)5-9(10)17/h4-6H,1-3H3,(H,20,21). The normalized spacial score (nSPS) is 12.2. The van der Waals surface area contributed by atoms with Crippen molar-refractivity contribution in [1.82, 2.24) is 4.98 Å². The molecule has 11 heteroatoms. The highest BCUT2D eigenvalue weighted by molar-refractivity contribution is 7.93. The van der Waals surface area contributed by atoms with Gasteiger partial charge in [-0.2, -0.15) is 0 Å². The van der Waals surface area contributed by atoms with Gasteiger partial charge in [-0.05, 0) is 6.07 Å². The van der Waals surface area contributed by atoms with E-state index in [2.05, 4.69) is 4.98 Å². The van der Waals surface area contributed by atoms with Gasteiger partial charge in [-0.3, -0.25) is 0 Å². The van der Waals surface area contributed by atoms with Gasteiger partial charge in [0.05, 0.1) is 5.02 Å². The van der Waals surface area contributed by atoms with E-state index in [1.54, 1.807) is 0 Å². The summed E-state index contributed by atoms with van der Waals surface area (Å²) in [6.07, 6.45) is -1.88. The number of hydrogen-bond acceptors (Lipinski definition) is 5. The summed E-state index contributed by atoms with van der Waals surface area (Å²) >= 11 is 6.56. The summed E-state index contributed by atoms with van der Waals surface area (Å²) in [5.74, 6) is -3.02. The number of carbonyl (C=O) groups is 1. The maximum Gasteiger partial charge on any atom is 0.427 e. The molecule has 1 N–H and O–H groups in total. The number of benzene rings is 1. The molecule has 0 unspecified atom stereocenters. The number of carboxylic acid groups (broad SMARTS) is 1. The van der Waals surface area contributed by atoms with Crippen molar-refractivity contribution >= 4 is 44.9 Å². The van der Waals surface area contributed by atoms with Gasteiger partial charge < -0.3 is 5.11 Å². The van der Waals surface area contributed by atoms with E-state index in [-0.39, 0.29) is 10.4 Å². The van der Waals surface area contributed by atoms with Crippen molar-refractivity contribution in [2.45, 2.75) is 31.1 Å². The molecule has 0 aliphatic rings. The number of anilines is 1. The molecule has 6 nitrogen and oxygen atoms in total. The molecule has 0 spiro atoms. The van der Waals surface area contributed by atoms with Crippen LogP contribution in [0.2, 0.25) is 5.02 Å². The largest absolute Gasteiger partial charge is 0.464 e. The lowest BCUT2D eigenvalue weighted by molar-refractivity contribution is 0.206. The van der Waals surface area contributed by atoms with Gasteiger partial charge in [0.1, 0.15) is 21.5 Å². The summed E-state index contributed by atoms with van der Waals surface area (Å²) in [5, 5.41) is 10.4. The van der Waals surface area contributed by atoms with E-state index in [4.69, 9.17) is 11.6 Å². The number of amides is 1. The minimum absolute atomic E-state index is 0.0641. The Hall–Kier alpha value is -1.78. The third-order valence-electron chi connectivity index (χ3n) is 3.01. The zero-order valence-electron chi connectivity index (χ0n) is 13.2. The van der Waals surface area contributed by atoms with Crippen LogP contribution in [0.25, 0.3) is 0 Å². The van der Waals surface area contributed by atoms with Gasteiger partial charge in [0.2, 0.25) is 0 Å². The summed E-state index contributed by atoms with van der Waals surface area (Å²) in [4.78, 5) is 14.5. The van der Waals surface area contributed by atoms with Crippen molar-refractivity contribution in [3.8, 4) is 0 Å². The van der Waals surface area contributed by atoms with Gasteiger partial charge in [0.15, 0.2) is 5.82 Å². The molecule has 0 atom stereocenters. The monoisotopic (exact) mass is 410 g/mol. The highest BCUT2D eigenvalue weighted by atomic mass is 35.5. The lowest BCUT2D eigenvalue weighted by atomic mass is 9.98. The second-order valence-corrected chi connectivity index (χ2v) is 9.03. The first-order valence-electron chi connectivity index (χ1n) is 6.74. The van der Waals surface area contributed by atoms with Crippen LogP contribution in [0.1, 0.15) is 25.8 Å². The molecular weight excluding hydrogens is 398 g/mol. The van der Waals surface area contributed by atoms with Gasteiger partial charge >= 0.3 is 6.09 Å². The Morgan fingerprint density at radius 3 is 2.36 bits per heavy atom. The molecule has 0 saturated heterocycles. The van der Waals surface area contributed by atoms with Crippen LogP contribution in [0.15, 0.2) is 22.4 Å². The Bertz CT molecular complexity index is 939. The van der Waals surface area contributed by atoms with Gasteiger partial charge in [-0.25, -0.2) is 27.0 Å². The number of aromatic nitrogens is 1. The van der Waals surface area contributed by atoms with Gasteiger partial charge in [0, 0.05) is 16.9 Å². The number of nitrogens with zero attached hydrogens (tertiary/aromatic N) is 2. The van der Waals surface area contributed by atoms with Gasteiger partial charge in [0.25, 0.3) is 10.0 Å². The molecule has 0 radical (unpaired) electrons. The van der Waals surface area contributed by atoms with E-state index < -0.39 is 48.9 Å². The Morgan fingerprint density at radius 1 is 1.28 bits per heavy atom. The average Bonchev–Trinajstić information content (AvgIpc) is 2.91. The number of rotatable bonds is 3. The highest BCUT2D eigenvalue weighted by Gasteiger charge is 2.36. The molecule has 0 bridgehead atoms. The van der Waals surface area contributed by atoms with Crippen LogP contribution >= 0.6 is 22.9 Å². The summed E-state index contributed by atoms with van der Waals surface area (Å²) in [6.45, 7) is 5.44. The fraction of sp³-hybridized carbons (Fsp3) is 0.286. The number of thiazole rings is 1. The zero-order valence-corrected chi connectivity index (χ0v) is 15.6. The maximum absolute atomic E-state index is 13.9. The predicted octanol–water partition coefficient (Wildman–Crippen LogP) is 4.25. The van der Waals surface area contributed by atoms with Crippen molar-refractivity contribution in [2.75, 3.05) is 4.31 Å². The van der Waals surface area contributed by atoms with Crippen LogP contribution in [-0.2, 0) is 15.4 Å². The molecule has 1 aromatic heterocycles. The van der Waals surface area contributed by atoms with E-state index in [0.29, 0.717) is 11.1 Å². The van der Waals surface area contributed by atoms with Crippen LogP contribution in [-0.4, -0.2) is 24.6 Å². The van der Waals surface area contributed by atoms with Crippen molar-refractivity contribution in [3.05, 3.63) is 39.2 Å². The Kier molecular flexibility index (Phi) is 5.08. The summed E-state index contributed by atoms with van der Waals surface area (Å²) in [6, 6.07) is 0.797. The van der Waals surface area contributed by atoms with Gasteiger partial charge in [-0.1, -0.05) is 32.4 Å². The zero-order chi connectivity index (χ0) is 19.2. The average molecular weight is 411 g/mol. The van der Waals surface area contributed by atoms with Crippen LogP contribution < -0.4 is 4.31 Å². The topological polar surface area (TPSA) is 87.6 Å². The number of halogens is 3. The Labute approximate surface area is 151 Å². The second-order valence-electron chi connectivity index (χ2n) is 6.01. The van der Waals surface area contributed by atoms with Gasteiger partial charge in [-0.15, -0.1) is 15.6 Å². The number of sulfonamides is 1. The maximum atomic E-state index is 13.9. The first-order chi connectivity index (χ1) is 11.4. The van der Waals surface area contributed by atoms with E-state index in [1.165, 1.54) is 5.38 Å². The SMILES string of the molecule is CC(C)(C)c1nc(N(C(=O)O)S(=O)(=O)c2cc(Cl)c(F)cc2F)cs1. The lowest BCUT2D eigenvalue weighted by Gasteiger charge is -2.18. The molecule has 1 aromatic carbocycles. The third kappa shape index (κ3) is 3.75. The number of hydrogen-bond donors (Lipinski definition) is 1. The predicted molar refractivity (Wildman–Crippen MR) is 89.9 cm³/mol. The van der Waals surface area contributed by atoms with Crippen molar-refractivity contribution < 1.29 is 27.1 Å². The van der Waals surface area contributed by atoms with Crippen LogP contribution in [0.4, 0.5) is 19.4 Å².